The average Bonchev–Trinajstić information content (AvgIpc) is 3.31. The number of allylic oxidation sites excluding steroid dienone is 5. The fraction of sp³-hybridized carbons (Fsp3) is 0.158. The third-order valence-corrected chi connectivity index (χ3v) is 4.10. The van der Waals surface area contributed by atoms with Crippen molar-refractivity contribution in [2.24, 2.45) is 5.92 Å². The van der Waals surface area contributed by atoms with Crippen molar-refractivity contribution in [1.82, 2.24) is 5.32 Å². The molecule has 1 fully saturated rings. The molecule has 0 aliphatic heterocycles. The van der Waals surface area contributed by atoms with Gasteiger partial charge in [0.2, 0.25) is 0 Å². The van der Waals surface area contributed by atoms with Crippen LogP contribution in [-0.4, -0.2) is 12.3 Å². The number of nitrogens with one attached hydrogen (secondary N) is 2. The van der Waals surface area contributed by atoms with E-state index in [1.165, 1.54) is 11.1 Å². The van der Waals surface area contributed by atoms with Crippen LogP contribution in [-0.2, 0) is 0 Å². The molecule has 1 aromatic rings. The van der Waals surface area contributed by atoms with Crippen LogP contribution in [0.1, 0.15) is 29.3 Å². The van der Waals surface area contributed by atoms with Crippen LogP contribution in [0.4, 0.5) is 10.5 Å². The summed E-state index contributed by atoms with van der Waals surface area (Å²) in [5, 5.41) is 5.62. The highest BCUT2D eigenvalue weighted by Crippen LogP contribution is 2.43. The Morgan fingerprint density at radius 1 is 1.30 bits per heavy atom. The molecule has 2 amide bonds. The molecule has 1 aromatic carbocycles. The minimum absolute atomic E-state index is 0.339. The largest absolute Gasteiger partial charge is 0.323 e. The van der Waals surface area contributed by atoms with Crippen LogP contribution < -0.4 is 10.6 Å². The van der Waals surface area contributed by atoms with E-state index in [9.17, 15) is 9.59 Å². The lowest BCUT2D eigenvalue weighted by Gasteiger charge is -2.12. The van der Waals surface area contributed by atoms with E-state index >= 15 is 0 Å². The highest BCUT2D eigenvalue weighted by atomic mass is 16.2. The van der Waals surface area contributed by atoms with E-state index in [1.807, 2.05) is 12.2 Å². The number of urea groups is 1. The summed E-state index contributed by atoms with van der Waals surface area (Å²) in [7, 11) is 0. The second-order valence-electron chi connectivity index (χ2n) is 5.68. The fourth-order valence-corrected chi connectivity index (χ4v) is 2.78. The Balaban J connectivity index is 1.73. The molecule has 0 aromatic heterocycles. The first-order valence-corrected chi connectivity index (χ1v) is 7.50. The first-order chi connectivity index (χ1) is 11.1. The summed E-state index contributed by atoms with van der Waals surface area (Å²) in [4.78, 5) is 23.3. The van der Waals surface area contributed by atoms with Crippen LogP contribution in [0.25, 0.3) is 6.08 Å². The maximum Gasteiger partial charge on any atom is 0.323 e. The number of rotatable bonds is 4. The van der Waals surface area contributed by atoms with Gasteiger partial charge in [-0.15, -0.1) is 0 Å². The SMILES string of the molecule is C=Cc1c(C=O)cccc1NC(=O)NC1=CC2CC2=C(C)C=C1. The molecule has 0 saturated heterocycles. The number of benzene rings is 1. The Bertz CT molecular complexity index is 785. The standard InChI is InChI=1S/C19H18N2O2/c1-3-16-13(11-22)5-4-6-18(16)21-19(23)20-15-8-7-12(2)17-10-14(17)9-15/h3-9,11,14H,1,10H2,2H3,(H2,20,21,23). The van der Waals surface area contributed by atoms with Crippen molar-refractivity contribution in [1.29, 1.82) is 0 Å². The summed E-state index contributed by atoms with van der Waals surface area (Å²) in [6.07, 6.45) is 9.39. The molecule has 0 radical (unpaired) electrons. The lowest BCUT2D eigenvalue weighted by Crippen LogP contribution is -2.28. The van der Waals surface area contributed by atoms with Crippen LogP contribution in [0.2, 0.25) is 0 Å². The van der Waals surface area contributed by atoms with Gasteiger partial charge in [-0.25, -0.2) is 4.79 Å². The van der Waals surface area contributed by atoms with Crippen molar-refractivity contribution >= 4 is 24.1 Å². The zero-order valence-electron chi connectivity index (χ0n) is 12.9. The van der Waals surface area contributed by atoms with Gasteiger partial charge in [0.05, 0.1) is 5.69 Å². The van der Waals surface area contributed by atoms with Gasteiger partial charge in [-0.1, -0.05) is 48.1 Å². The third kappa shape index (κ3) is 3.16. The fourth-order valence-electron chi connectivity index (χ4n) is 2.78. The van der Waals surface area contributed by atoms with E-state index in [0.717, 1.165) is 18.4 Å². The van der Waals surface area contributed by atoms with E-state index < -0.39 is 0 Å². The van der Waals surface area contributed by atoms with Gasteiger partial charge < -0.3 is 10.6 Å². The lowest BCUT2D eigenvalue weighted by atomic mass is 10.1. The van der Waals surface area contributed by atoms with Crippen molar-refractivity contribution in [2.45, 2.75) is 13.3 Å². The van der Waals surface area contributed by atoms with Crippen molar-refractivity contribution in [3.05, 3.63) is 71.0 Å². The maximum atomic E-state index is 12.2. The van der Waals surface area contributed by atoms with E-state index in [1.54, 1.807) is 24.3 Å². The molecule has 23 heavy (non-hydrogen) atoms. The van der Waals surface area contributed by atoms with E-state index in [0.29, 0.717) is 22.7 Å². The van der Waals surface area contributed by atoms with Crippen molar-refractivity contribution in [2.75, 3.05) is 5.32 Å². The van der Waals surface area contributed by atoms with E-state index in [-0.39, 0.29) is 6.03 Å². The second kappa shape index (κ2) is 6.08. The lowest BCUT2D eigenvalue weighted by molar-refractivity contribution is 0.112. The first-order valence-electron chi connectivity index (χ1n) is 7.50. The molecule has 3 rings (SSSR count). The summed E-state index contributed by atoms with van der Waals surface area (Å²) >= 11 is 0. The van der Waals surface area contributed by atoms with Crippen molar-refractivity contribution < 1.29 is 9.59 Å². The molecule has 1 unspecified atom stereocenters. The summed E-state index contributed by atoms with van der Waals surface area (Å²) in [6.45, 7) is 5.79. The molecule has 0 bridgehead atoms. The zero-order chi connectivity index (χ0) is 16.4. The normalized spacial score (nSPS) is 18.5. The minimum Gasteiger partial charge on any atom is -0.308 e. The van der Waals surface area contributed by atoms with Crippen LogP contribution in [0.5, 0.6) is 0 Å². The Labute approximate surface area is 135 Å². The number of carbonyl (C=O) groups excluding carboxylic acids is 2. The quantitative estimate of drug-likeness (QED) is 0.824. The molecule has 1 atom stereocenters. The third-order valence-electron chi connectivity index (χ3n) is 4.10. The summed E-state index contributed by atoms with van der Waals surface area (Å²) in [6, 6.07) is 4.81. The smallest absolute Gasteiger partial charge is 0.308 e. The van der Waals surface area contributed by atoms with Gasteiger partial charge in [-0.2, -0.15) is 0 Å². The Kier molecular flexibility index (Phi) is 3.98. The van der Waals surface area contributed by atoms with Crippen molar-refractivity contribution in [3.8, 4) is 0 Å². The molecule has 4 heteroatoms. The predicted molar refractivity (Wildman–Crippen MR) is 92.1 cm³/mol. The van der Waals surface area contributed by atoms with Gasteiger partial charge in [0.25, 0.3) is 0 Å². The maximum absolute atomic E-state index is 12.2. The predicted octanol–water partition coefficient (Wildman–Crippen LogP) is 4.05. The number of hydrogen-bond acceptors (Lipinski definition) is 2. The number of fused-ring (bicyclic) bond motifs is 1. The molecule has 116 valence electrons. The van der Waals surface area contributed by atoms with Crippen LogP contribution in [0, 0.1) is 5.92 Å². The molecule has 2 aliphatic rings. The van der Waals surface area contributed by atoms with E-state index in [2.05, 4.69) is 30.2 Å². The monoisotopic (exact) mass is 306 g/mol. The number of amides is 2. The van der Waals surface area contributed by atoms with Gasteiger partial charge in [-0.3, -0.25) is 4.79 Å². The topological polar surface area (TPSA) is 58.2 Å². The van der Waals surface area contributed by atoms with Crippen LogP contribution in [0.3, 0.4) is 0 Å². The highest BCUT2D eigenvalue weighted by molar-refractivity contribution is 5.96. The Hall–Kier alpha value is -2.88. The molecule has 1 saturated carbocycles. The Morgan fingerprint density at radius 2 is 2.13 bits per heavy atom. The van der Waals surface area contributed by atoms with Gasteiger partial charge in [0.15, 0.2) is 6.29 Å². The zero-order valence-corrected chi connectivity index (χ0v) is 12.9. The minimum atomic E-state index is -0.339. The summed E-state index contributed by atoms with van der Waals surface area (Å²) < 4.78 is 0. The Morgan fingerprint density at radius 3 is 2.87 bits per heavy atom. The number of carbonyl (C=O) groups is 2. The summed E-state index contributed by atoms with van der Waals surface area (Å²) in [5.41, 5.74) is 5.16. The number of anilines is 1. The summed E-state index contributed by atoms with van der Waals surface area (Å²) in [5.74, 6) is 0.447. The van der Waals surface area contributed by atoms with Gasteiger partial charge in [-0.05, 0) is 25.5 Å². The molecule has 4 nitrogen and oxygen atoms in total. The van der Waals surface area contributed by atoms with Crippen LogP contribution >= 0.6 is 0 Å². The van der Waals surface area contributed by atoms with Gasteiger partial charge in [0, 0.05) is 22.7 Å². The van der Waals surface area contributed by atoms with Crippen molar-refractivity contribution in [3.63, 3.8) is 0 Å². The molecule has 2 aliphatic carbocycles. The average molecular weight is 306 g/mol. The second-order valence-corrected chi connectivity index (χ2v) is 5.68. The number of hydrogen-bond donors (Lipinski definition) is 2. The molecular formula is C19H18N2O2. The van der Waals surface area contributed by atoms with Crippen LogP contribution in [0.15, 0.2) is 59.8 Å². The molecular weight excluding hydrogens is 288 g/mol. The molecule has 0 spiro atoms. The van der Waals surface area contributed by atoms with E-state index in [4.69, 9.17) is 0 Å². The highest BCUT2D eigenvalue weighted by Gasteiger charge is 2.30. The molecule has 2 N–H and O–H groups in total. The van der Waals surface area contributed by atoms with Gasteiger partial charge >= 0.3 is 6.03 Å². The number of aldehydes is 1. The van der Waals surface area contributed by atoms with Gasteiger partial charge in [0.1, 0.15) is 0 Å². The first kappa shape index (κ1) is 15.0. The molecule has 0 heterocycles.